The fraction of sp³-hybridized carbons (Fsp3) is 0.231. The Bertz CT molecular complexity index is 745. The maximum Gasteiger partial charge on any atom is 0.354 e. The van der Waals surface area contributed by atoms with Crippen LogP contribution in [0.25, 0.3) is 0 Å². The third-order valence-corrected chi connectivity index (χ3v) is 3.01. The summed E-state index contributed by atoms with van der Waals surface area (Å²) in [6, 6.07) is 3.30. The standard InChI is InChI=1S/C13H15FN2O6S/c1-21-12(17)7-11(13(18)22-2)15-10-6-8(4-5-9(10)14)16-23(3,19)20/h4-7,15-16H,1-3H3/b11-7+. The van der Waals surface area contributed by atoms with Crippen LogP contribution >= 0.6 is 0 Å². The second kappa shape index (κ2) is 7.58. The predicted molar refractivity (Wildman–Crippen MR) is 80.6 cm³/mol. The van der Waals surface area contributed by atoms with Crippen molar-refractivity contribution in [2.24, 2.45) is 0 Å². The minimum atomic E-state index is -3.56. The molecule has 1 rings (SSSR count). The van der Waals surface area contributed by atoms with Crippen LogP contribution < -0.4 is 10.0 Å². The molecule has 0 heterocycles. The van der Waals surface area contributed by atoms with Gasteiger partial charge in [0, 0.05) is 0 Å². The first-order chi connectivity index (χ1) is 10.7. The van der Waals surface area contributed by atoms with Crippen LogP contribution in [0.4, 0.5) is 15.8 Å². The number of nitrogens with one attached hydrogen (secondary N) is 2. The smallest absolute Gasteiger partial charge is 0.354 e. The van der Waals surface area contributed by atoms with Crippen LogP contribution in [-0.4, -0.2) is 40.8 Å². The highest BCUT2D eigenvalue weighted by Gasteiger charge is 2.15. The van der Waals surface area contributed by atoms with Crippen LogP contribution in [-0.2, 0) is 29.1 Å². The molecule has 0 atom stereocenters. The number of anilines is 2. The molecular formula is C13H15FN2O6S. The van der Waals surface area contributed by atoms with E-state index in [9.17, 15) is 22.4 Å². The van der Waals surface area contributed by atoms with E-state index in [2.05, 4.69) is 19.5 Å². The highest BCUT2D eigenvalue weighted by Crippen LogP contribution is 2.22. The van der Waals surface area contributed by atoms with Gasteiger partial charge in [-0.1, -0.05) is 0 Å². The van der Waals surface area contributed by atoms with Crippen molar-refractivity contribution in [3.05, 3.63) is 35.8 Å². The molecule has 0 aromatic heterocycles. The average Bonchev–Trinajstić information content (AvgIpc) is 2.47. The molecule has 2 N–H and O–H groups in total. The van der Waals surface area contributed by atoms with Crippen LogP contribution in [0.15, 0.2) is 30.0 Å². The van der Waals surface area contributed by atoms with Crippen molar-refractivity contribution in [3.8, 4) is 0 Å². The maximum absolute atomic E-state index is 13.8. The number of methoxy groups -OCH3 is 2. The molecule has 0 aliphatic carbocycles. The summed E-state index contributed by atoms with van der Waals surface area (Å²) in [5.74, 6) is -2.57. The number of benzene rings is 1. The molecule has 0 fully saturated rings. The first-order valence-corrected chi connectivity index (χ1v) is 7.97. The Morgan fingerprint density at radius 3 is 2.39 bits per heavy atom. The van der Waals surface area contributed by atoms with E-state index in [1.165, 1.54) is 6.07 Å². The number of ether oxygens (including phenoxy) is 2. The summed E-state index contributed by atoms with van der Waals surface area (Å²) in [4.78, 5) is 22.8. The van der Waals surface area contributed by atoms with Gasteiger partial charge in [0.25, 0.3) is 0 Å². The topological polar surface area (TPSA) is 111 Å². The summed E-state index contributed by atoms with van der Waals surface area (Å²) in [6.45, 7) is 0. The molecule has 0 saturated carbocycles. The summed E-state index contributed by atoms with van der Waals surface area (Å²) in [5, 5.41) is 2.37. The van der Waals surface area contributed by atoms with Gasteiger partial charge in [-0.05, 0) is 18.2 Å². The highest BCUT2D eigenvalue weighted by molar-refractivity contribution is 7.92. The largest absolute Gasteiger partial charge is 0.466 e. The van der Waals surface area contributed by atoms with E-state index in [4.69, 9.17) is 0 Å². The number of carbonyl (C=O) groups is 2. The van der Waals surface area contributed by atoms with Crippen LogP contribution in [0, 0.1) is 5.82 Å². The second-order valence-electron chi connectivity index (χ2n) is 4.27. The molecule has 0 unspecified atom stereocenters. The maximum atomic E-state index is 13.8. The number of carbonyl (C=O) groups excluding carboxylic acids is 2. The Kier molecular flexibility index (Phi) is 6.08. The molecule has 0 aliphatic heterocycles. The van der Waals surface area contributed by atoms with Crippen molar-refractivity contribution in [3.63, 3.8) is 0 Å². The van der Waals surface area contributed by atoms with E-state index in [1.807, 2.05) is 0 Å². The molecule has 0 spiro atoms. The Morgan fingerprint density at radius 2 is 1.87 bits per heavy atom. The number of halogens is 1. The van der Waals surface area contributed by atoms with E-state index < -0.39 is 27.8 Å². The van der Waals surface area contributed by atoms with Crippen molar-refractivity contribution in [1.29, 1.82) is 0 Å². The zero-order chi connectivity index (χ0) is 17.6. The van der Waals surface area contributed by atoms with Crippen molar-refractivity contribution in [2.45, 2.75) is 0 Å². The first-order valence-electron chi connectivity index (χ1n) is 6.08. The lowest BCUT2D eigenvalue weighted by Gasteiger charge is -2.12. The molecule has 1 aromatic rings. The minimum Gasteiger partial charge on any atom is -0.466 e. The van der Waals surface area contributed by atoms with Crippen LogP contribution in [0.3, 0.4) is 0 Å². The monoisotopic (exact) mass is 346 g/mol. The van der Waals surface area contributed by atoms with E-state index >= 15 is 0 Å². The van der Waals surface area contributed by atoms with E-state index in [1.54, 1.807) is 0 Å². The van der Waals surface area contributed by atoms with Gasteiger partial charge in [-0.3, -0.25) is 4.72 Å². The molecule has 0 amide bonds. The van der Waals surface area contributed by atoms with E-state index in [-0.39, 0.29) is 17.1 Å². The molecule has 8 nitrogen and oxygen atoms in total. The number of rotatable bonds is 6. The number of esters is 2. The Morgan fingerprint density at radius 1 is 1.22 bits per heavy atom. The third-order valence-electron chi connectivity index (χ3n) is 2.41. The van der Waals surface area contributed by atoms with Crippen LogP contribution in [0.2, 0.25) is 0 Å². The van der Waals surface area contributed by atoms with Crippen molar-refractivity contribution in [2.75, 3.05) is 30.5 Å². The Hall–Kier alpha value is -2.62. The van der Waals surface area contributed by atoms with Gasteiger partial charge in [0.1, 0.15) is 11.5 Å². The second-order valence-corrected chi connectivity index (χ2v) is 6.02. The van der Waals surface area contributed by atoms with Gasteiger partial charge < -0.3 is 14.8 Å². The van der Waals surface area contributed by atoms with Gasteiger partial charge >= 0.3 is 11.9 Å². The molecule has 0 radical (unpaired) electrons. The van der Waals surface area contributed by atoms with Crippen LogP contribution in [0.1, 0.15) is 0 Å². The molecule has 1 aromatic carbocycles. The lowest BCUT2D eigenvalue weighted by Crippen LogP contribution is -2.16. The van der Waals surface area contributed by atoms with Gasteiger partial charge in [-0.25, -0.2) is 22.4 Å². The molecule has 126 valence electrons. The SMILES string of the molecule is COC(=O)/C=C(/Nc1cc(NS(C)(=O)=O)ccc1F)C(=O)OC. The summed E-state index contributed by atoms with van der Waals surface area (Å²) < 4.78 is 47.2. The number of sulfonamides is 1. The molecule has 0 saturated heterocycles. The molecule has 23 heavy (non-hydrogen) atoms. The van der Waals surface area contributed by atoms with Gasteiger partial charge in [0.2, 0.25) is 10.0 Å². The van der Waals surface area contributed by atoms with E-state index in [0.717, 1.165) is 38.7 Å². The van der Waals surface area contributed by atoms with Crippen LogP contribution in [0.5, 0.6) is 0 Å². The summed E-state index contributed by atoms with van der Waals surface area (Å²) in [5.41, 5.74) is -0.548. The van der Waals surface area contributed by atoms with Gasteiger partial charge in [-0.2, -0.15) is 0 Å². The number of hydrogen-bond donors (Lipinski definition) is 2. The van der Waals surface area contributed by atoms with Gasteiger partial charge in [0.15, 0.2) is 0 Å². The van der Waals surface area contributed by atoms with Gasteiger partial charge in [-0.15, -0.1) is 0 Å². The zero-order valence-electron chi connectivity index (χ0n) is 12.5. The lowest BCUT2D eigenvalue weighted by atomic mass is 10.2. The quantitative estimate of drug-likeness (QED) is 0.580. The fourth-order valence-electron chi connectivity index (χ4n) is 1.48. The fourth-order valence-corrected chi connectivity index (χ4v) is 2.03. The predicted octanol–water partition coefficient (Wildman–Crippen LogP) is 0.839. The minimum absolute atomic E-state index is 0.0682. The molecule has 10 heteroatoms. The molecule has 0 aliphatic rings. The molecular weight excluding hydrogens is 331 g/mol. The average molecular weight is 346 g/mol. The Balaban J connectivity index is 3.17. The summed E-state index contributed by atoms with van der Waals surface area (Å²) in [6.07, 6.45) is 1.71. The Labute approximate surface area is 132 Å². The van der Waals surface area contributed by atoms with Crippen molar-refractivity contribution >= 4 is 33.3 Å². The lowest BCUT2D eigenvalue weighted by molar-refractivity contribution is -0.138. The molecule has 0 bridgehead atoms. The first kappa shape index (κ1) is 18.4. The van der Waals surface area contributed by atoms with E-state index in [0.29, 0.717) is 0 Å². The van der Waals surface area contributed by atoms with Crippen molar-refractivity contribution in [1.82, 2.24) is 0 Å². The zero-order valence-corrected chi connectivity index (χ0v) is 13.4. The third kappa shape index (κ3) is 5.94. The summed E-state index contributed by atoms with van der Waals surface area (Å²) in [7, 11) is -1.38. The normalized spacial score (nSPS) is 11.6. The highest BCUT2D eigenvalue weighted by atomic mass is 32.2. The summed E-state index contributed by atoms with van der Waals surface area (Å²) >= 11 is 0. The van der Waals surface area contributed by atoms with Gasteiger partial charge in [0.05, 0.1) is 37.9 Å². The van der Waals surface area contributed by atoms with Crippen molar-refractivity contribution < 1.29 is 31.9 Å². The number of hydrogen-bond acceptors (Lipinski definition) is 7.